The summed E-state index contributed by atoms with van der Waals surface area (Å²) in [6.07, 6.45) is 3.88. The lowest BCUT2D eigenvalue weighted by Crippen LogP contribution is -2.11. The Morgan fingerprint density at radius 2 is 2.27 bits per heavy atom. The molecule has 2 rings (SSSR count). The Morgan fingerprint density at radius 3 is 2.87 bits per heavy atom. The van der Waals surface area contributed by atoms with Gasteiger partial charge in [-0.3, -0.25) is 9.89 Å². The van der Waals surface area contributed by atoms with Gasteiger partial charge in [-0.1, -0.05) is 0 Å². The largest absolute Gasteiger partial charge is 0.306 e. The van der Waals surface area contributed by atoms with E-state index in [1.54, 1.807) is 0 Å². The summed E-state index contributed by atoms with van der Waals surface area (Å²) < 4.78 is 12.5. The Labute approximate surface area is 84.3 Å². The van der Waals surface area contributed by atoms with E-state index in [2.05, 4.69) is 20.5 Å². The van der Waals surface area contributed by atoms with Crippen molar-refractivity contribution in [2.75, 3.05) is 5.32 Å². The third-order valence-electron chi connectivity index (χ3n) is 1.73. The molecule has 5 nitrogen and oxygen atoms in total. The fraction of sp³-hybridized carbons (Fsp3) is 0. The van der Waals surface area contributed by atoms with E-state index in [1.165, 1.54) is 24.5 Å². The molecule has 2 aromatic rings. The molecule has 0 aliphatic heterocycles. The van der Waals surface area contributed by atoms with E-state index in [0.717, 1.165) is 6.20 Å². The van der Waals surface area contributed by atoms with Crippen LogP contribution < -0.4 is 5.32 Å². The average molecular weight is 206 g/mol. The predicted octanol–water partition coefficient (Wildman–Crippen LogP) is 1.20. The Hall–Kier alpha value is -2.24. The molecule has 0 fully saturated rings. The van der Waals surface area contributed by atoms with Crippen LogP contribution in [0.5, 0.6) is 0 Å². The maximum absolute atomic E-state index is 12.5. The topological polar surface area (TPSA) is 70.7 Å². The van der Waals surface area contributed by atoms with Gasteiger partial charge in [0.2, 0.25) is 0 Å². The van der Waals surface area contributed by atoms with E-state index < -0.39 is 5.82 Å². The van der Waals surface area contributed by atoms with Gasteiger partial charge in [0.1, 0.15) is 11.6 Å². The van der Waals surface area contributed by atoms with Gasteiger partial charge in [-0.2, -0.15) is 5.10 Å². The highest BCUT2D eigenvalue weighted by molar-refractivity contribution is 6.03. The van der Waals surface area contributed by atoms with Crippen LogP contribution in [0.2, 0.25) is 0 Å². The zero-order chi connectivity index (χ0) is 10.7. The maximum Gasteiger partial charge on any atom is 0.259 e. The average Bonchev–Trinajstić information content (AvgIpc) is 2.74. The molecule has 0 spiro atoms. The quantitative estimate of drug-likeness (QED) is 0.775. The Morgan fingerprint density at radius 1 is 1.40 bits per heavy atom. The second-order valence-corrected chi connectivity index (χ2v) is 2.80. The number of halogens is 1. The molecule has 2 heterocycles. The summed E-state index contributed by atoms with van der Waals surface area (Å²) >= 11 is 0. The Balaban J connectivity index is 2.09. The molecule has 0 saturated carbocycles. The number of hydrogen-bond donors (Lipinski definition) is 2. The first-order valence-electron chi connectivity index (χ1n) is 4.17. The molecule has 0 aliphatic carbocycles. The lowest BCUT2D eigenvalue weighted by molar-refractivity contribution is 0.102. The molecular weight excluding hydrogens is 199 g/mol. The van der Waals surface area contributed by atoms with Gasteiger partial charge in [-0.15, -0.1) is 0 Å². The standard InChI is InChI=1S/C9H7FN4O/c10-7-1-2-8(11-5-7)14-9(15)6-3-12-13-4-6/h1-5H,(H,12,13)(H,11,14,15). The van der Waals surface area contributed by atoms with Crippen LogP contribution in [-0.2, 0) is 0 Å². The molecule has 76 valence electrons. The van der Waals surface area contributed by atoms with Crippen LogP contribution in [0.1, 0.15) is 10.4 Å². The van der Waals surface area contributed by atoms with Gasteiger partial charge in [-0.05, 0) is 12.1 Å². The normalized spacial score (nSPS) is 9.93. The van der Waals surface area contributed by atoms with Crippen molar-refractivity contribution >= 4 is 11.7 Å². The molecule has 1 amide bonds. The van der Waals surface area contributed by atoms with E-state index in [-0.39, 0.29) is 5.91 Å². The zero-order valence-corrected chi connectivity index (χ0v) is 7.57. The summed E-state index contributed by atoms with van der Waals surface area (Å²) in [5, 5.41) is 8.64. The summed E-state index contributed by atoms with van der Waals surface area (Å²) in [6, 6.07) is 2.60. The van der Waals surface area contributed by atoms with Gasteiger partial charge in [0, 0.05) is 6.20 Å². The lowest BCUT2D eigenvalue weighted by atomic mass is 10.3. The van der Waals surface area contributed by atoms with Gasteiger partial charge in [0.25, 0.3) is 5.91 Å². The van der Waals surface area contributed by atoms with Gasteiger partial charge in [0.15, 0.2) is 0 Å². The number of carbonyl (C=O) groups is 1. The molecule has 0 aromatic carbocycles. The van der Waals surface area contributed by atoms with Gasteiger partial charge in [0.05, 0.1) is 18.0 Å². The fourth-order valence-electron chi connectivity index (χ4n) is 1.01. The number of aromatic amines is 1. The van der Waals surface area contributed by atoms with Crippen molar-refractivity contribution in [1.29, 1.82) is 0 Å². The smallest absolute Gasteiger partial charge is 0.259 e. The van der Waals surface area contributed by atoms with Crippen LogP contribution in [0.25, 0.3) is 0 Å². The van der Waals surface area contributed by atoms with Gasteiger partial charge in [-0.25, -0.2) is 9.37 Å². The SMILES string of the molecule is O=C(Nc1ccc(F)cn1)c1cn[nH]c1. The van der Waals surface area contributed by atoms with Crippen LogP contribution in [0.15, 0.2) is 30.7 Å². The monoisotopic (exact) mass is 206 g/mol. The highest BCUT2D eigenvalue weighted by Crippen LogP contribution is 2.05. The summed E-state index contributed by atoms with van der Waals surface area (Å²) in [5.74, 6) is -0.498. The molecule has 0 saturated heterocycles. The molecule has 2 N–H and O–H groups in total. The van der Waals surface area contributed by atoms with Crippen molar-refractivity contribution < 1.29 is 9.18 Å². The number of rotatable bonds is 2. The Bertz CT molecular complexity index is 451. The highest BCUT2D eigenvalue weighted by atomic mass is 19.1. The zero-order valence-electron chi connectivity index (χ0n) is 7.57. The van der Waals surface area contributed by atoms with Crippen molar-refractivity contribution in [2.24, 2.45) is 0 Å². The summed E-state index contributed by atoms with van der Waals surface area (Å²) in [7, 11) is 0. The first-order valence-corrected chi connectivity index (χ1v) is 4.17. The number of aromatic nitrogens is 3. The number of nitrogens with zero attached hydrogens (tertiary/aromatic N) is 2. The first-order chi connectivity index (χ1) is 7.25. The number of H-pyrrole nitrogens is 1. The van der Waals surface area contributed by atoms with E-state index in [1.807, 2.05) is 0 Å². The van der Waals surface area contributed by atoms with Crippen molar-refractivity contribution in [3.05, 3.63) is 42.1 Å². The minimum Gasteiger partial charge on any atom is -0.306 e. The van der Waals surface area contributed by atoms with Crippen LogP contribution in [0.4, 0.5) is 10.2 Å². The summed E-state index contributed by atoms with van der Waals surface area (Å²) in [5.41, 5.74) is 0.390. The number of amides is 1. The summed E-state index contributed by atoms with van der Waals surface area (Å²) in [6.45, 7) is 0. The predicted molar refractivity (Wildman–Crippen MR) is 50.7 cm³/mol. The molecule has 0 aliphatic rings. The molecule has 0 bridgehead atoms. The fourth-order valence-corrected chi connectivity index (χ4v) is 1.01. The van der Waals surface area contributed by atoms with Gasteiger partial charge < -0.3 is 5.32 Å². The molecular formula is C9H7FN4O. The van der Waals surface area contributed by atoms with Gasteiger partial charge >= 0.3 is 0 Å². The third kappa shape index (κ3) is 2.16. The Kier molecular flexibility index (Phi) is 2.40. The van der Waals surface area contributed by atoms with Crippen LogP contribution in [0.3, 0.4) is 0 Å². The molecule has 6 heteroatoms. The van der Waals surface area contributed by atoms with E-state index >= 15 is 0 Å². The van der Waals surface area contributed by atoms with Crippen LogP contribution in [-0.4, -0.2) is 21.1 Å². The third-order valence-corrected chi connectivity index (χ3v) is 1.73. The lowest BCUT2D eigenvalue weighted by Gasteiger charge is -2.01. The van der Waals surface area contributed by atoms with Crippen molar-refractivity contribution in [2.45, 2.75) is 0 Å². The number of pyridine rings is 1. The minimum atomic E-state index is -0.448. The van der Waals surface area contributed by atoms with Crippen molar-refractivity contribution in [3.63, 3.8) is 0 Å². The van der Waals surface area contributed by atoms with Crippen LogP contribution in [0, 0.1) is 5.82 Å². The van der Waals surface area contributed by atoms with Crippen molar-refractivity contribution in [3.8, 4) is 0 Å². The highest BCUT2D eigenvalue weighted by Gasteiger charge is 2.07. The molecule has 15 heavy (non-hydrogen) atoms. The van der Waals surface area contributed by atoms with E-state index in [9.17, 15) is 9.18 Å². The number of hydrogen-bond acceptors (Lipinski definition) is 3. The van der Waals surface area contributed by atoms with Crippen molar-refractivity contribution in [1.82, 2.24) is 15.2 Å². The first kappa shape index (κ1) is 9.32. The van der Waals surface area contributed by atoms with Crippen LogP contribution >= 0.6 is 0 Å². The van der Waals surface area contributed by atoms with E-state index in [0.29, 0.717) is 11.4 Å². The summed E-state index contributed by atoms with van der Waals surface area (Å²) in [4.78, 5) is 15.1. The molecule has 2 aromatic heterocycles. The number of nitrogens with one attached hydrogen (secondary N) is 2. The molecule has 0 radical (unpaired) electrons. The second kappa shape index (κ2) is 3.87. The minimum absolute atomic E-state index is 0.294. The van der Waals surface area contributed by atoms with E-state index in [4.69, 9.17) is 0 Å². The maximum atomic E-state index is 12.5. The molecule has 0 atom stereocenters. The number of carbonyl (C=O) groups excluding carboxylic acids is 1. The number of anilines is 1. The second-order valence-electron chi connectivity index (χ2n) is 2.80. The molecule has 0 unspecified atom stereocenters.